The van der Waals surface area contributed by atoms with E-state index in [4.69, 9.17) is 4.42 Å². The summed E-state index contributed by atoms with van der Waals surface area (Å²) in [4.78, 5) is 1.63. The van der Waals surface area contributed by atoms with Crippen molar-refractivity contribution in [3.63, 3.8) is 0 Å². The highest BCUT2D eigenvalue weighted by Gasteiger charge is 2.12. The fourth-order valence-corrected chi connectivity index (χ4v) is 2.86. The Morgan fingerprint density at radius 3 is 2.75 bits per heavy atom. The highest BCUT2D eigenvalue weighted by atomic mass is 32.2. The van der Waals surface area contributed by atoms with Crippen molar-refractivity contribution >= 4 is 11.8 Å². The molecule has 0 unspecified atom stereocenters. The largest absolute Gasteiger partial charge is 0.468 e. The number of furan rings is 1. The van der Waals surface area contributed by atoms with Crippen LogP contribution in [-0.4, -0.2) is 6.54 Å². The SMILES string of the molecule is Cc1occc1Sc1c(F)cccc1CNCC(C)C. The Morgan fingerprint density at radius 1 is 1.30 bits per heavy atom. The van der Waals surface area contributed by atoms with Gasteiger partial charge in [0.15, 0.2) is 0 Å². The van der Waals surface area contributed by atoms with E-state index in [-0.39, 0.29) is 5.82 Å². The van der Waals surface area contributed by atoms with Gasteiger partial charge in [0.1, 0.15) is 11.6 Å². The standard InChI is InChI=1S/C16H20FNOS/c1-11(2)9-18-10-13-5-4-6-14(17)16(13)20-15-7-8-19-12(15)3/h4-8,11,18H,9-10H2,1-3H3. The molecule has 0 atom stereocenters. The van der Waals surface area contributed by atoms with Gasteiger partial charge in [0.2, 0.25) is 0 Å². The fourth-order valence-electron chi connectivity index (χ4n) is 1.89. The second kappa shape index (κ2) is 6.95. The number of benzene rings is 1. The van der Waals surface area contributed by atoms with E-state index in [0.29, 0.717) is 17.4 Å². The molecule has 1 aromatic heterocycles. The number of nitrogens with one attached hydrogen (secondary N) is 1. The van der Waals surface area contributed by atoms with Crippen molar-refractivity contribution in [1.29, 1.82) is 0 Å². The Bertz CT molecular complexity index is 565. The molecule has 0 aliphatic carbocycles. The molecule has 108 valence electrons. The molecule has 2 aromatic rings. The lowest BCUT2D eigenvalue weighted by Crippen LogP contribution is -2.19. The summed E-state index contributed by atoms with van der Waals surface area (Å²) < 4.78 is 19.4. The van der Waals surface area contributed by atoms with Gasteiger partial charge in [-0.05, 0) is 37.1 Å². The van der Waals surface area contributed by atoms with Crippen molar-refractivity contribution < 1.29 is 8.81 Å². The number of aryl methyl sites for hydroxylation is 1. The Kier molecular flexibility index (Phi) is 5.26. The third-order valence-electron chi connectivity index (χ3n) is 2.94. The molecule has 1 heterocycles. The summed E-state index contributed by atoms with van der Waals surface area (Å²) in [5.41, 5.74) is 0.983. The van der Waals surface area contributed by atoms with E-state index in [0.717, 1.165) is 22.8 Å². The van der Waals surface area contributed by atoms with Crippen molar-refractivity contribution in [2.45, 2.75) is 37.1 Å². The molecule has 0 radical (unpaired) electrons. The first-order valence-electron chi connectivity index (χ1n) is 6.78. The van der Waals surface area contributed by atoms with Gasteiger partial charge in [-0.15, -0.1) is 0 Å². The lowest BCUT2D eigenvalue weighted by atomic mass is 10.2. The highest BCUT2D eigenvalue weighted by molar-refractivity contribution is 7.99. The van der Waals surface area contributed by atoms with Crippen LogP contribution in [0.4, 0.5) is 4.39 Å². The molecule has 0 aliphatic rings. The quantitative estimate of drug-likeness (QED) is 0.841. The van der Waals surface area contributed by atoms with Gasteiger partial charge in [0, 0.05) is 6.54 Å². The maximum absolute atomic E-state index is 14.1. The lowest BCUT2D eigenvalue weighted by molar-refractivity contribution is 0.526. The fraction of sp³-hybridized carbons (Fsp3) is 0.375. The summed E-state index contributed by atoms with van der Waals surface area (Å²) in [6, 6.07) is 7.10. The van der Waals surface area contributed by atoms with Crippen molar-refractivity contribution in [2.75, 3.05) is 6.54 Å². The van der Waals surface area contributed by atoms with E-state index in [1.807, 2.05) is 19.1 Å². The zero-order chi connectivity index (χ0) is 14.5. The Labute approximate surface area is 123 Å². The van der Waals surface area contributed by atoms with E-state index in [9.17, 15) is 4.39 Å². The molecule has 2 nitrogen and oxygen atoms in total. The highest BCUT2D eigenvalue weighted by Crippen LogP contribution is 2.35. The Balaban J connectivity index is 2.16. The Hall–Kier alpha value is -1.26. The second-order valence-electron chi connectivity index (χ2n) is 5.20. The van der Waals surface area contributed by atoms with Gasteiger partial charge in [-0.1, -0.05) is 37.7 Å². The van der Waals surface area contributed by atoms with Crippen LogP contribution in [0.25, 0.3) is 0 Å². The monoisotopic (exact) mass is 293 g/mol. The van der Waals surface area contributed by atoms with Gasteiger partial charge in [-0.3, -0.25) is 0 Å². The molecule has 2 rings (SSSR count). The number of hydrogen-bond donors (Lipinski definition) is 1. The predicted octanol–water partition coefficient (Wildman–Crippen LogP) is 4.62. The molecule has 1 aromatic carbocycles. The first-order valence-corrected chi connectivity index (χ1v) is 7.59. The van der Waals surface area contributed by atoms with E-state index in [1.165, 1.54) is 17.8 Å². The van der Waals surface area contributed by atoms with Crippen LogP contribution in [0.2, 0.25) is 0 Å². The predicted molar refractivity (Wildman–Crippen MR) is 80.5 cm³/mol. The summed E-state index contributed by atoms with van der Waals surface area (Å²) >= 11 is 1.42. The van der Waals surface area contributed by atoms with E-state index >= 15 is 0 Å². The van der Waals surface area contributed by atoms with Crippen LogP contribution in [0.5, 0.6) is 0 Å². The van der Waals surface area contributed by atoms with Gasteiger partial charge >= 0.3 is 0 Å². The van der Waals surface area contributed by atoms with Crippen LogP contribution in [0.15, 0.2) is 44.7 Å². The minimum Gasteiger partial charge on any atom is -0.468 e. The molecule has 0 amide bonds. The zero-order valence-electron chi connectivity index (χ0n) is 12.1. The van der Waals surface area contributed by atoms with Crippen molar-refractivity contribution in [2.24, 2.45) is 5.92 Å². The van der Waals surface area contributed by atoms with Crippen LogP contribution in [0, 0.1) is 18.7 Å². The minimum atomic E-state index is -0.181. The van der Waals surface area contributed by atoms with Gasteiger partial charge in [0.25, 0.3) is 0 Å². The van der Waals surface area contributed by atoms with E-state index in [2.05, 4.69) is 19.2 Å². The summed E-state index contributed by atoms with van der Waals surface area (Å²) in [6.45, 7) is 7.80. The third kappa shape index (κ3) is 3.87. The summed E-state index contributed by atoms with van der Waals surface area (Å²) in [5, 5.41) is 3.36. The zero-order valence-corrected chi connectivity index (χ0v) is 12.9. The number of halogens is 1. The smallest absolute Gasteiger partial charge is 0.137 e. The second-order valence-corrected chi connectivity index (χ2v) is 6.25. The first-order chi connectivity index (χ1) is 9.58. The van der Waals surface area contributed by atoms with Crippen LogP contribution in [0.3, 0.4) is 0 Å². The molecule has 0 aliphatic heterocycles. The molecule has 0 fully saturated rings. The summed E-state index contributed by atoms with van der Waals surface area (Å²) in [6.07, 6.45) is 1.63. The topological polar surface area (TPSA) is 25.2 Å². The van der Waals surface area contributed by atoms with Crippen LogP contribution in [-0.2, 0) is 6.54 Å². The molecule has 0 saturated heterocycles. The molecular formula is C16H20FNOS. The number of rotatable bonds is 6. The van der Waals surface area contributed by atoms with E-state index < -0.39 is 0 Å². The molecule has 1 N–H and O–H groups in total. The van der Waals surface area contributed by atoms with Crippen LogP contribution < -0.4 is 5.32 Å². The molecule has 20 heavy (non-hydrogen) atoms. The maximum atomic E-state index is 14.1. The van der Waals surface area contributed by atoms with Crippen LogP contribution in [0.1, 0.15) is 25.2 Å². The molecule has 0 spiro atoms. The lowest BCUT2D eigenvalue weighted by Gasteiger charge is -2.12. The normalized spacial score (nSPS) is 11.2. The molecule has 0 saturated carbocycles. The van der Waals surface area contributed by atoms with Gasteiger partial charge in [-0.25, -0.2) is 4.39 Å². The van der Waals surface area contributed by atoms with Gasteiger partial charge in [0.05, 0.1) is 16.1 Å². The van der Waals surface area contributed by atoms with Crippen molar-refractivity contribution in [1.82, 2.24) is 5.32 Å². The maximum Gasteiger partial charge on any atom is 0.137 e. The van der Waals surface area contributed by atoms with Gasteiger partial charge < -0.3 is 9.73 Å². The van der Waals surface area contributed by atoms with E-state index in [1.54, 1.807) is 12.3 Å². The van der Waals surface area contributed by atoms with Crippen LogP contribution >= 0.6 is 11.8 Å². The average molecular weight is 293 g/mol. The Morgan fingerprint density at radius 2 is 2.10 bits per heavy atom. The summed E-state index contributed by atoms with van der Waals surface area (Å²) in [5.74, 6) is 1.22. The van der Waals surface area contributed by atoms with Crippen molar-refractivity contribution in [3.8, 4) is 0 Å². The first kappa shape index (κ1) is 15.1. The summed E-state index contributed by atoms with van der Waals surface area (Å²) in [7, 11) is 0. The molecular weight excluding hydrogens is 273 g/mol. The molecule has 4 heteroatoms. The van der Waals surface area contributed by atoms with Crippen molar-refractivity contribution in [3.05, 3.63) is 47.7 Å². The number of hydrogen-bond acceptors (Lipinski definition) is 3. The molecule has 0 bridgehead atoms. The average Bonchev–Trinajstić information content (AvgIpc) is 2.78. The third-order valence-corrected chi connectivity index (χ3v) is 4.24. The minimum absolute atomic E-state index is 0.181. The van der Waals surface area contributed by atoms with Gasteiger partial charge in [-0.2, -0.15) is 0 Å².